The largest absolute Gasteiger partial charge is 0.350 e. The molecule has 0 radical (unpaired) electrons. The predicted molar refractivity (Wildman–Crippen MR) is 67.5 cm³/mol. The Bertz CT molecular complexity index is 276. The third kappa shape index (κ3) is 6.29. The zero-order valence-corrected chi connectivity index (χ0v) is 11.1. The molecule has 1 aliphatic carbocycles. The summed E-state index contributed by atoms with van der Waals surface area (Å²) in [6.45, 7) is 5.85. The second-order valence-electron chi connectivity index (χ2n) is 5.93. The van der Waals surface area contributed by atoms with Crippen LogP contribution in [0.3, 0.4) is 0 Å². The third-order valence-corrected chi connectivity index (χ3v) is 2.91. The van der Waals surface area contributed by atoms with Gasteiger partial charge in [0.25, 0.3) is 0 Å². The molecule has 0 saturated heterocycles. The molecule has 2 N–H and O–H groups in total. The number of rotatable bonds is 4. The molecule has 2 amide bonds. The van der Waals surface area contributed by atoms with Gasteiger partial charge in [-0.3, -0.25) is 9.59 Å². The van der Waals surface area contributed by atoms with Crippen molar-refractivity contribution in [3.05, 3.63) is 0 Å². The lowest BCUT2D eigenvalue weighted by Crippen LogP contribution is -2.46. The number of amides is 2. The van der Waals surface area contributed by atoms with Gasteiger partial charge in [-0.1, -0.05) is 12.8 Å². The van der Waals surface area contributed by atoms with Crippen LogP contribution in [0, 0.1) is 5.92 Å². The van der Waals surface area contributed by atoms with Gasteiger partial charge in [-0.25, -0.2) is 0 Å². The molecule has 0 spiro atoms. The summed E-state index contributed by atoms with van der Waals surface area (Å²) >= 11 is 0. The van der Waals surface area contributed by atoms with Crippen molar-refractivity contribution in [3.8, 4) is 0 Å². The summed E-state index contributed by atoms with van der Waals surface area (Å²) in [6.07, 6.45) is 5.36. The van der Waals surface area contributed by atoms with E-state index in [4.69, 9.17) is 0 Å². The van der Waals surface area contributed by atoms with Crippen LogP contribution in [0.4, 0.5) is 0 Å². The molecular weight excluding hydrogens is 216 g/mol. The third-order valence-electron chi connectivity index (χ3n) is 2.91. The van der Waals surface area contributed by atoms with Gasteiger partial charge >= 0.3 is 0 Å². The molecule has 4 heteroatoms. The smallest absolute Gasteiger partial charge is 0.239 e. The quantitative estimate of drug-likeness (QED) is 0.784. The molecule has 0 aromatic carbocycles. The zero-order chi connectivity index (χ0) is 12.9. The number of carbonyl (C=O) groups is 2. The van der Waals surface area contributed by atoms with Crippen LogP contribution in [0.2, 0.25) is 0 Å². The van der Waals surface area contributed by atoms with Crippen molar-refractivity contribution in [1.82, 2.24) is 10.6 Å². The lowest BCUT2D eigenvalue weighted by Gasteiger charge is -2.20. The fraction of sp³-hybridized carbons (Fsp3) is 0.846. The molecule has 0 heterocycles. The molecule has 0 bridgehead atoms. The van der Waals surface area contributed by atoms with Crippen LogP contribution in [0.1, 0.15) is 52.9 Å². The first-order valence-electron chi connectivity index (χ1n) is 6.44. The molecule has 0 aromatic heterocycles. The topological polar surface area (TPSA) is 58.2 Å². The Morgan fingerprint density at radius 2 is 1.71 bits per heavy atom. The molecule has 1 rings (SSSR count). The minimum absolute atomic E-state index is 0.000888. The van der Waals surface area contributed by atoms with Crippen molar-refractivity contribution in [2.75, 3.05) is 6.54 Å². The fourth-order valence-corrected chi connectivity index (χ4v) is 2.19. The summed E-state index contributed by atoms with van der Waals surface area (Å²) in [7, 11) is 0. The normalized spacial score (nSPS) is 16.9. The molecule has 1 saturated carbocycles. The molecule has 4 nitrogen and oxygen atoms in total. The van der Waals surface area contributed by atoms with Gasteiger partial charge in [0.2, 0.25) is 11.8 Å². The van der Waals surface area contributed by atoms with Crippen LogP contribution in [-0.2, 0) is 9.59 Å². The first-order valence-corrected chi connectivity index (χ1v) is 6.44. The Balaban J connectivity index is 2.16. The predicted octanol–water partition coefficient (Wildman–Crippen LogP) is 1.60. The van der Waals surface area contributed by atoms with E-state index in [0.29, 0.717) is 12.3 Å². The molecule has 0 unspecified atom stereocenters. The van der Waals surface area contributed by atoms with Gasteiger partial charge < -0.3 is 10.6 Å². The van der Waals surface area contributed by atoms with Gasteiger partial charge in [-0.2, -0.15) is 0 Å². The fourth-order valence-electron chi connectivity index (χ4n) is 2.19. The van der Waals surface area contributed by atoms with Crippen molar-refractivity contribution < 1.29 is 9.59 Å². The van der Waals surface area contributed by atoms with E-state index in [0.717, 1.165) is 12.8 Å². The van der Waals surface area contributed by atoms with Gasteiger partial charge in [0.15, 0.2) is 0 Å². The number of hydrogen-bond donors (Lipinski definition) is 2. The molecule has 0 atom stereocenters. The molecule has 98 valence electrons. The minimum Gasteiger partial charge on any atom is -0.350 e. The molecule has 17 heavy (non-hydrogen) atoms. The van der Waals surface area contributed by atoms with E-state index in [1.807, 2.05) is 20.8 Å². The SMILES string of the molecule is CC(C)(C)NC(=O)CNC(=O)CC1CCCC1. The zero-order valence-electron chi connectivity index (χ0n) is 11.1. The highest BCUT2D eigenvalue weighted by Crippen LogP contribution is 2.27. The lowest BCUT2D eigenvalue weighted by atomic mass is 10.0. The minimum atomic E-state index is -0.243. The average molecular weight is 240 g/mol. The van der Waals surface area contributed by atoms with E-state index in [2.05, 4.69) is 10.6 Å². The highest BCUT2D eigenvalue weighted by molar-refractivity contribution is 5.85. The number of nitrogens with one attached hydrogen (secondary N) is 2. The Kier molecular flexibility index (Phi) is 4.97. The summed E-state index contributed by atoms with van der Waals surface area (Å²) in [5.41, 5.74) is -0.243. The summed E-state index contributed by atoms with van der Waals surface area (Å²) in [5.74, 6) is 0.402. The van der Waals surface area contributed by atoms with E-state index in [-0.39, 0.29) is 23.9 Å². The second kappa shape index (κ2) is 6.03. The summed E-state index contributed by atoms with van der Waals surface area (Å²) < 4.78 is 0. The van der Waals surface area contributed by atoms with E-state index < -0.39 is 0 Å². The lowest BCUT2D eigenvalue weighted by molar-refractivity contribution is -0.127. The van der Waals surface area contributed by atoms with E-state index in [1.54, 1.807) is 0 Å². The summed E-state index contributed by atoms with van der Waals surface area (Å²) in [4.78, 5) is 23.1. The van der Waals surface area contributed by atoms with Gasteiger partial charge in [-0.05, 0) is 39.5 Å². The number of carbonyl (C=O) groups excluding carboxylic acids is 2. The van der Waals surface area contributed by atoms with Gasteiger partial charge in [0.05, 0.1) is 6.54 Å². The van der Waals surface area contributed by atoms with Crippen molar-refractivity contribution >= 4 is 11.8 Å². The summed E-state index contributed by atoms with van der Waals surface area (Å²) in [5, 5.41) is 5.50. The van der Waals surface area contributed by atoms with Crippen molar-refractivity contribution in [1.29, 1.82) is 0 Å². The average Bonchev–Trinajstić information content (AvgIpc) is 2.64. The standard InChI is InChI=1S/C13H24N2O2/c1-13(2,3)15-12(17)9-14-11(16)8-10-6-4-5-7-10/h10H,4-9H2,1-3H3,(H,14,16)(H,15,17). The van der Waals surface area contributed by atoms with Gasteiger partial charge in [-0.15, -0.1) is 0 Å². The Hall–Kier alpha value is -1.06. The molecular formula is C13H24N2O2. The molecule has 0 aromatic rings. The Morgan fingerprint density at radius 1 is 1.12 bits per heavy atom. The van der Waals surface area contributed by atoms with Crippen LogP contribution in [0.25, 0.3) is 0 Å². The summed E-state index contributed by atoms with van der Waals surface area (Å²) in [6, 6.07) is 0. The van der Waals surface area contributed by atoms with Gasteiger partial charge in [0, 0.05) is 12.0 Å². The van der Waals surface area contributed by atoms with Crippen molar-refractivity contribution in [3.63, 3.8) is 0 Å². The maximum Gasteiger partial charge on any atom is 0.239 e. The van der Waals surface area contributed by atoms with E-state index >= 15 is 0 Å². The maximum absolute atomic E-state index is 11.6. The monoisotopic (exact) mass is 240 g/mol. The maximum atomic E-state index is 11.6. The molecule has 1 aliphatic rings. The first-order chi connectivity index (χ1) is 7.87. The van der Waals surface area contributed by atoms with E-state index in [9.17, 15) is 9.59 Å². The van der Waals surface area contributed by atoms with Gasteiger partial charge in [0.1, 0.15) is 0 Å². The van der Waals surface area contributed by atoms with Crippen LogP contribution in [-0.4, -0.2) is 23.9 Å². The van der Waals surface area contributed by atoms with Crippen molar-refractivity contribution in [2.45, 2.75) is 58.4 Å². The Morgan fingerprint density at radius 3 is 2.24 bits per heavy atom. The first kappa shape index (κ1) is 14.0. The number of hydrogen-bond acceptors (Lipinski definition) is 2. The highest BCUT2D eigenvalue weighted by atomic mass is 16.2. The molecule has 0 aliphatic heterocycles. The second-order valence-corrected chi connectivity index (χ2v) is 5.93. The van der Waals surface area contributed by atoms with Crippen LogP contribution in [0.5, 0.6) is 0 Å². The molecule has 1 fully saturated rings. The van der Waals surface area contributed by atoms with Crippen molar-refractivity contribution in [2.24, 2.45) is 5.92 Å². The van der Waals surface area contributed by atoms with Crippen LogP contribution in [0.15, 0.2) is 0 Å². The Labute approximate surface area is 104 Å². The van der Waals surface area contributed by atoms with E-state index in [1.165, 1.54) is 12.8 Å². The van der Waals surface area contributed by atoms with Crippen LogP contribution >= 0.6 is 0 Å². The highest BCUT2D eigenvalue weighted by Gasteiger charge is 2.19. The van der Waals surface area contributed by atoms with Crippen LogP contribution < -0.4 is 10.6 Å².